The number of rotatable bonds is 5. The van der Waals surface area contributed by atoms with Crippen LogP contribution in [0.15, 0.2) is 36.4 Å². The van der Waals surface area contributed by atoms with Gasteiger partial charge >= 0.3 is 0 Å². The fraction of sp³-hybridized carbons (Fsp3) is 0.188. The quantitative estimate of drug-likeness (QED) is 0.629. The van der Waals surface area contributed by atoms with Crippen LogP contribution < -0.4 is 19.5 Å². The molecule has 0 spiro atoms. The van der Waals surface area contributed by atoms with Crippen molar-refractivity contribution in [3.05, 3.63) is 47.5 Å². The van der Waals surface area contributed by atoms with Crippen molar-refractivity contribution in [2.45, 2.75) is 0 Å². The van der Waals surface area contributed by atoms with Gasteiger partial charge in [-0.3, -0.25) is 4.79 Å². The predicted molar refractivity (Wildman–Crippen MR) is 85.3 cm³/mol. The SMILES string of the molecule is COc1ccc(OC)c(C(=O)c2ccccc2P)c1OC. The van der Waals surface area contributed by atoms with Crippen molar-refractivity contribution >= 4 is 20.3 Å². The second-order valence-corrected chi connectivity index (χ2v) is 4.92. The topological polar surface area (TPSA) is 44.8 Å². The molecule has 0 amide bonds. The first-order chi connectivity index (χ1) is 10.1. The highest BCUT2D eigenvalue weighted by Gasteiger charge is 2.24. The Balaban J connectivity index is 2.66. The fourth-order valence-corrected chi connectivity index (χ4v) is 2.47. The summed E-state index contributed by atoms with van der Waals surface area (Å²) in [5.41, 5.74) is 0.932. The van der Waals surface area contributed by atoms with Crippen LogP contribution in [0.2, 0.25) is 0 Å². The van der Waals surface area contributed by atoms with Gasteiger partial charge in [0, 0.05) is 5.56 Å². The summed E-state index contributed by atoms with van der Waals surface area (Å²) in [4.78, 5) is 12.9. The van der Waals surface area contributed by atoms with Crippen LogP contribution in [-0.4, -0.2) is 27.1 Å². The maximum Gasteiger partial charge on any atom is 0.201 e. The molecule has 5 heteroatoms. The summed E-state index contributed by atoms with van der Waals surface area (Å²) in [6.07, 6.45) is 0. The first-order valence-electron chi connectivity index (χ1n) is 6.32. The highest BCUT2D eigenvalue weighted by Crippen LogP contribution is 2.38. The molecule has 0 N–H and O–H groups in total. The number of hydrogen-bond donors (Lipinski definition) is 0. The predicted octanol–water partition coefficient (Wildman–Crippen LogP) is 2.44. The molecule has 110 valence electrons. The smallest absolute Gasteiger partial charge is 0.201 e. The third kappa shape index (κ3) is 2.86. The van der Waals surface area contributed by atoms with E-state index in [1.54, 1.807) is 18.2 Å². The minimum atomic E-state index is -0.173. The largest absolute Gasteiger partial charge is 0.496 e. The third-order valence-electron chi connectivity index (χ3n) is 3.16. The van der Waals surface area contributed by atoms with E-state index in [2.05, 4.69) is 9.24 Å². The van der Waals surface area contributed by atoms with Crippen LogP contribution in [0.3, 0.4) is 0 Å². The summed E-state index contributed by atoms with van der Waals surface area (Å²) < 4.78 is 15.9. The van der Waals surface area contributed by atoms with Gasteiger partial charge in [-0.2, -0.15) is 0 Å². The lowest BCUT2D eigenvalue weighted by Crippen LogP contribution is -2.13. The number of carbonyl (C=O) groups is 1. The summed E-state index contributed by atoms with van der Waals surface area (Å²) in [6.45, 7) is 0. The van der Waals surface area contributed by atoms with Crippen LogP contribution in [-0.2, 0) is 0 Å². The summed E-state index contributed by atoms with van der Waals surface area (Å²) in [5.74, 6) is 1.14. The molecule has 0 radical (unpaired) electrons. The summed E-state index contributed by atoms with van der Waals surface area (Å²) >= 11 is 0. The molecule has 2 aromatic rings. The van der Waals surface area contributed by atoms with E-state index in [1.165, 1.54) is 21.3 Å². The molecule has 0 saturated carbocycles. The molecule has 0 saturated heterocycles. The van der Waals surface area contributed by atoms with E-state index in [0.29, 0.717) is 28.4 Å². The highest BCUT2D eigenvalue weighted by molar-refractivity contribution is 7.27. The van der Waals surface area contributed by atoms with Gasteiger partial charge in [0.05, 0.1) is 21.3 Å². The van der Waals surface area contributed by atoms with Gasteiger partial charge in [0.1, 0.15) is 11.3 Å². The average molecular weight is 304 g/mol. The molecule has 4 nitrogen and oxygen atoms in total. The van der Waals surface area contributed by atoms with E-state index in [0.717, 1.165) is 5.30 Å². The Kier molecular flexibility index (Phi) is 4.81. The number of ketones is 1. The van der Waals surface area contributed by atoms with Gasteiger partial charge in [-0.05, 0) is 17.4 Å². The summed E-state index contributed by atoms with van der Waals surface area (Å²) in [5, 5.41) is 0.814. The Morgan fingerprint density at radius 2 is 1.52 bits per heavy atom. The third-order valence-corrected chi connectivity index (χ3v) is 3.66. The van der Waals surface area contributed by atoms with Crippen LogP contribution in [0.5, 0.6) is 17.2 Å². The van der Waals surface area contributed by atoms with Crippen LogP contribution in [0.4, 0.5) is 0 Å². The minimum absolute atomic E-state index is 0.173. The van der Waals surface area contributed by atoms with E-state index in [1.807, 2.05) is 18.2 Å². The minimum Gasteiger partial charge on any atom is -0.496 e. The average Bonchev–Trinajstić information content (AvgIpc) is 2.53. The van der Waals surface area contributed by atoms with Gasteiger partial charge in [0.15, 0.2) is 11.5 Å². The van der Waals surface area contributed by atoms with Gasteiger partial charge in [0.25, 0.3) is 0 Å². The Hall–Kier alpha value is -2.06. The maximum absolute atomic E-state index is 12.9. The molecule has 0 aliphatic carbocycles. The first-order valence-corrected chi connectivity index (χ1v) is 6.90. The lowest BCUT2D eigenvalue weighted by Gasteiger charge is -2.16. The maximum atomic E-state index is 12.9. The van der Waals surface area contributed by atoms with E-state index in [9.17, 15) is 4.79 Å². The van der Waals surface area contributed by atoms with Gasteiger partial charge in [-0.15, -0.1) is 9.24 Å². The zero-order chi connectivity index (χ0) is 15.4. The summed E-state index contributed by atoms with van der Waals surface area (Å²) in [6, 6.07) is 10.7. The van der Waals surface area contributed by atoms with Crippen LogP contribution in [0.25, 0.3) is 0 Å². The lowest BCUT2D eigenvalue weighted by molar-refractivity contribution is 0.103. The fourth-order valence-electron chi connectivity index (χ4n) is 2.13. The molecule has 2 aromatic carbocycles. The molecule has 1 unspecified atom stereocenters. The van der Waals surface area contributed by atoms with Crippen molar-refractivity contribution in [2.75, 3.05) is 21.3 Å². The van der Waals surface area contributed by atoms with Crippen molar-refractivity contribution in [1.29, 1.82) is 0 Å². The molecule has 21 heavy (non-hydrogen) atoms. The Bertz CT molecular complexity index is 667. The molecule has 0 aromatic heterocycles. The van der Waals surface area contributed by atoms with Gasteiger partial charge < -0.3 is 14.2 Å². The normalized spacial score (nSPS) is 10.1. The molecule has 0 heterocycles. The van der Waals surface area contributed by atoms with Crippen LogP contribution in [0.1, 0.15) is 15.9 Å². The molecule has 2 rings (SSSR count). The number of hydrogen-bond acceptors (Lipinski definition) is 4. The second-order valence-electron chi connectivity index (χ2n) is 4.29. The standard InChI is InChI=1S/C16H17O4P/c1-18-11-8-9-12(19-2)16(20-3)14(11)15(17)10-6-4-5-7-13(10)21/h4-9H,21H2,1-3H3. The Labute approximate surface area is 126 Å². The number of ether oxygens (including phenoxy) is 3. The number of carbonyl (C=O) groups excluding carboxylic acids is 1. The molecule has 1 atom stereocenters. The van der Waals surface area contributed by atoms with Crippen molar-refractivity contribution < 1.29 is 19.0 Å². The lowest BCUT2D eigenvalue weighted by atomic mass is 10.0. The zero-order valence-electron chi connectivity index (χ0n) is 12.2. The van der Waals surface area contributed by atoms with Gasteiger partial charge in [-0.1, -0.05) is 24.3 Å². The van der Waals surface area contributed by atoms with Crippen molar-refractivity contribution in [3.63, 3.8) is 0 Å². The second kappa shape index (κ2) is 6.59. The van der Waals surface area contributed by atoms with Crippen molar-refractivity contribution in [2.24, 2.45) is 0 Å². The molecular formula is C16H17O4P. The van der Waals surface area contributed by atoms with E-state index >= 15 is 0 Å². The number of benzene rings is 2. The molecule has 0 aliphatic heterocycles. The summed E-state index contributed by atoms with van der Waals surface area (Å²) in [7, 11) is 7.11. The molecule has 0 bridgehead atoms. The highest BCUT2D eigenvalue weighted by atomic mass is 31.0. The Morgan fingerprint density at radius 1 is 0.905 bits per heavy atom. The van der Waals surface area contributed by atoms with Crippen molar-refractivity contribution in [1.82, 2.24) is 0 Å². The van der Waals surface area contributed by atoms with E-state index in [-0.39, 0.29) is 5.78 Å². The van der Waals surface area contributed by atoms with Gasteiger partial charge in [0.2, 0.25) is 5.78 Å². The first kappa shape index (κ1) is 15.3. The molecule has 0 fully saturated rings. The Morgan fingerprint density at radius 3 is 2.10 bits per heavy atom. The molecule has 0 aliphatic rings. The van der Waals surface area contributed by atoms with Crippen LogP contribution in [0, 0.1) is 0 Å². The number of methoxy groups -OCH3 is 3. The van der Waals surface area contributed by atoms with Gasteiger partial charge in [-0.25, -0.2) is 0 Å². The van der Waals surface area contributed by atoms with Crippen LogP contribution >= 0.6 is 9.24 Å². The van der Waals surface area contributed by atoms with E-state index in [4.69, 9.17) is 14.2 Å². The van der Waals surface area contributed by atoms with Crippen molar-refractivity contribution in [3.8, 4) is 17.2 Å². The monoisotopic (exact) mass is 304 g/mol. The van der Waals surface area contributed by atoms with E-state index < -0.39 is 0 Å². The zero-order valence-corrected chi connectivity index (χ0v) is 13.3. The molecular weight excluding hydrogens is 287 g/mol.